The molecule has 0 radical (unpaired) electrons. The van der Waals surface area contributed by atoms with Gasteiger partial charge in [0.25, 0.3) is 5.91 Å². The molecule has 1 amide bonds. The molecule has 10 heteroatoms. The van der Waals surface area contributed by atoms with Crippen LogP contribution in [0, 0.1) is 5.92 Å². The zero-order valence-electron chi connectivity index (χ0n) is 20.8. The molecule has 0 aliphatic carbocycles. The largest absolute Gasteiger partial charge is 0.486 e. The number of ether oxygens (including phenoxy) is 2. The first-order valence-electron chi connectivity index (χ1n) is 13.1. The number of rotatable bonds is 10. The summed E-state index contributed by atoms with van der Waals surface area (Å²) in [5.41, 5.74) is 0.471. The van der Waals surface area contributed by atoms with Gasteiger partial charge in [-0.1, -0.05) is 13.0 Å². The fourth-order valence-corrected chi connectivity index (χ4v) is 6.84. The van der Waals surface area contributed by atoms with Crippen LogP contribution in [-0.4, -0.2) is 94.4 Å². The third-order valence-electron chi connectivity index (χ3n) is 7.26. The van der Waals surface area contributed by atoms with Gasteiger partial charge in [-0.05, 0) is 69.8 Å². The fraction of sp³-hybridized carbons (Fsp3) is 0.720. The Morgan fingerprint density at radius 3 is 2.63 bits per heavy atom. The normalized spacial score (nSPS) is 20.9. The number of hydrogen-bond acceptors (Lipinski definition) is 7. The van der Waals surface area contributed by atoms with Crippen LogP contribution < -0.4 is 20.1 Å². The summed E-state index contributed by atoms with van der Waals surface area (Å²) in [5.74, 6) is 1.33. The van der Waals surface area contributed by atoms with Gasteiger partial charge in [-0.3, -0.25) is 4.79 Å². The van der Waals surface area contributed by atoms with Gasteiger partial charge in [-0.15, -0.1) is 0 Å². The van der Waals surface area contributed by atoms with Crippen LogP contribution in [0.3, 0.4) is 0 Å². The maximum Gasteiger partial charge on any atom is 0.255 e. The van der Waals surface area contributed by atoms with Crippen molar-refractivity contribution < 1.29 is 22.7 Å². The van der Waals surface area contributed by atoms with E-state index in [1.54, 1.807) is 16.4 Å². The van der Waals surface area contributed by atoms with Crippen LogP contribution in [0.25, 0.3) is 0 Å². The second kappa shape index (κ2) is 12.4. The van der Waals surface area contributed by atoms with Crippen molar-refractivity contribution in [1.82, 2.24) is 19.8 Å². The minimum atomic E-state index is -3.30. The van der Waals surface area contributed by atoms with E-state index in [1.807, 2.05) is 6.07 Å². The number of carbonyl (C=O) groups is 1. The van der Waals surface area contributed by atoms with Gasteiger partial charge in [0.2, 0.25) is 10.0 Å². The average Bonchev–Trinajstić information content (AvgIpc) is 2.88. The average molecular weight is 509 g/mol. The minimum absolute atomic E-state index is 0.0819. The first kappa shape index (κ1) is 26.2. The van der Waals surface area contributed by atoms with E-state index in [2.05, 4.69) is 22.5 Å². The minimum Gasteiger partial charge on any atom is -0.486 e. The van der Waals surface area contributed by atoms with E-state index in [1.165, 1.54) is 0 Å². The lowest BCUT2D eigenvalue weighted by molar-refractivity contribution is 0.0900. The van der Waals surface area contributed by atoms with Crippen molar-refractivity contribution in [2.45, 2.75) is 45.1 Å². The quantitative estimate of drug-likeness (QED) is 0.496. The lowest BCUT2D eigenvalue weighted by Crippen LogP contribution is -2.49. The molecule has 3 aliphatic rings. The zero-order chi connectivity index (χ0) is 24.7. The second-order valence-electron chi connectivity index (χ2n) is 9.70. The third-order valence-corrected chi connectivity index (χ3v) is 9.22. The maximum atomic E-state index is 13.3. The molecule has 2 saturated heterocycles. The Labute approximate surface area is 209 Å². The van der Waals surface area contributed by atoms with Crippen LogP contribution in [0.15, 0.2) is 18.2 Å². The Morgan fingerprint density at radius 1 is 1.14 bits per heavy atom. The van der Waals surface area contributed by atoms with E-state index in [-0.39, 0.29) is 17.7 Å². The van der Waals surface area contributed by atoms with Gasteiger partial charge in [0.1, 0.15) is 13.2 Å². The molecule has 0 spiro atoms. The fourth-order valence-electron chi connectivity index (χ4n) is 5.33. The lowest BCUT2D eigenvalue weighted by atomic mass is 9.87. The number of sulfonamides is 1. The zero-order valence-corrected chi connectivity index (χ0v) is 21.7. The number of carbonyl (C=O) groups excluding carboxylic acids is 1. The highest BCUT2D eigenvalue weighted by molar-refractivity contribution is 7.89. The van der Waals surface area contributed by atoms with Crippen LogP contribution in [0.2, 0.25) is 0 Å². The number of piperazine rings is 1. The van der Waals surface area contributed by atoms with Gasteiger partial charge in [-0.25, -0.2) is 8.42 Å². The van der Waals surface area contributed by atoms with Crippen molar-refractivity contribution in [3.8, 4) is 11.5 Å². The topological polar surface area (TPSA) is 100 Å². The molecule has 0 aromatic heterocycles. The van der Waals surface area contributed by atoms with Crippen LogP contribution in [0.5, 0.6) is 11.5 Å². The van der Waals surface area contributed by atoms with E-state index in [0.717, 1.165) is 52.0 Å². The van der Waals surface area contributed by atoms with Crippen molar-refractivity contribution in [2.24, 2.45) is 5.92 Å². The van der Waals surface area contributed by atoms with Crippen molar-refractivity contribution >= 4 is 15.9 Å². The van der Waals surface area contributed by atoms with E-state index in [0.29, 0.717) is 62.1 Å². The Bertz CT molecular complexity index is 943. The van der Waals surface area contributed by atoms with Gasteiger partial charge in [-0.2, -0.15) is 4.31 Å². The Hall–Kier alpha value is -1.88. The number of hydrogen-bond donors (Lipinski definition) is 2. The number of nitrogens with one attached hydrogen (secondary N) is 2. The highest BCUT2D eigenvalue weighted by Crippen LogP contribution is 2.34. The van der Waals surface area contributed by atoms with Crippen LogP contribution in [0.1, 0.15) is 49.4 Å². The van der Waals surface area contributed by atoms with Crippen molar-refractivity contribution in [1.29, 1.82) is 0 Å². The van der Waals surface area contributed by atoms with Crippen LogP contribution >= 0.6 is 0 Å². The molecule has 1 aromatic rings. The molecule has 3 aliphatic heterocycles. The molecular weight excluding hydrogens is 468 g/mol. The number of piperidine rings is 1. The summed E-state index contributed by atoms with van der Waals surface area (Å²) >= 11 is 0. The summed E-state index contributed by atoms with van der Waals surface area (Å²) < 4.78 is 39.0. The van der Waals surface area contributed by atoms with E-state index in [4.69, 9.17) is 9.47 Å². The summed E-state index contributed by atoms with van der Waals surface area (Å²) in [4.78, 5) is 15.6. The summed E-state index contributed by atoms with van der Waals surface area (Å²) in [6.07, 6.45) is 4.17. The van der Waals surface area contributed by atoms with Gasteiger partial charge in [0.05, 0.1) is 11.3 Å². The summed E-state index contributed by atoms with van der Waals surface area (Å²) in [6.45, 7) is 8.61. The number of benzene rings is 1. The lowest BCUT2D eigenvalue weighted by Gasteiger charge is -2.34. The molecular formula is C25H40N4O5S. The Kier molecular flexibility index (Phi) is 9.27. The molecule has 1 atom stereocenters. The monoisotopic (exact) mass is 508 g/mol. The molecule has 9 nitrogen and oxygen atoms in total. The molecule has 0 saturated carbocycles. The standard InChI is InChI=1S/C25H40N4O5S/c1-2-12-28-13-15-29(16-14-28)35(31,32)19-4-6-22(20-8-10-26-11-9-20)27-25(30)21-5-3-7-23-24(21)34-18-17-33-23/h3,5,7,20,22,26H,2,4,6,8-19H2,1H3,(H,27,30). The molecule has 0 bridgehead atoms. The summed E-state index contributed by atoms with van der Waals surface area (Å²) in [5, 5.41) is 6.60. The molecule has 196 valence electrons. The Morgan fingerprint density at radius 2 is 1.89 bits per heavy atom. The van der Waals surface area contributed by atoms with Crippen molar-refractivity contribution in [3.63, 3.8) is 0 Å². The number of amides is 1. The van der Waals surface area contributed by atoms with E-state index < -0.39 is 10.0 Å². The molecule has 2 N–H and O–H groups in total. The van der Waals surface area contributed by atoms with Crippen molar-refractivity contribution in [2.75, 3.05) is 64.8 Å². The number of para-hydroxylation sites is 1. The van der Waals surface area contributed by atoms with Gasteiger partial charge in [0, 0.05) is 32.2 Å². The van der Waals surface area contributed by atoms with E-state index >= 15 is 0 Å². The first-order chi connectivity index (χ1) is 17.0. The van der Waals surface area contributed by atoms with Gasteiger partial charge >= 0.3 is 0 Å². The van der Waals surface area contributed by atoms with Crippen LogP contribution in [0.4, 0.5) is 0 Å². The summed E-state index contributed by atoms with van der Waals surface area (Å²) in [7, 11) is -3.30. The smallest absolute Gasteiger partial charge is 0.255 e. The molecule has 2 fully saturated rings. The predicted molar refractivity (Wildman–Crippen MR) is 136 cm³/mol. The number of nitrogens with zero attached hydrogens (tertiary/aromatic N) is 2. The highest BCUT2D eigenvalue weighted by Gasteiger charge is 2.30. The third kappa shape index (κ3) is 6.87. The van der Waals surface area contributed by atoms with Crippen molar-refractivity contribution in [3.05, 3.63) is 23.8 Å². The maximum absolute atomic E-state index is 13.3. The van der Waals surface area contributed by atoms with Crippen LogP contribution in [-0.2, 0) is 10.0 Å². The molecule has 35 heavy (non-hydrogen) atoms. The summed E-state index contributed by atoms with van der Waals surface area (Å²) in [6, 6.07) is 5.28. The molecule has 1 aromatic carbocycles. The molecule has 1 unspecified atom stereocenters. The highest BCUT2D eigenvalue weighted by atomic mass is 32.2. The number of fused-ring (bicyclic) bond motifs is 1. The van der Waals surface area contributed by atoms with Gasteiger partial charge in [0.15, 0.2) is 11.5 Å². The first-order valence-corrected chi connectivity index (χ1v) is 14.7. The predicted octanol–water partition coefficient (Wildman–Crippen LogP) is 1.69. The molecule has 4 rings (SSSR count). The molecule has 3 heterocycles. The van der Waals surface area contributed by atoms with E-state index in [9.17, 15) is 13.2 Å². The van der Waals surface area contributed by atoms with Gasteiger partial charge < -0.3 is 25.0 Å². The SMILES string of the molecule is CCCN1CCN(S(=O)(=O)CCCC(NC(=O)c2cccc3c2OCCO3)C2CCNCC2)CC1. The Balaban J connectivity index is 1.36. The second-order valence-corrected chi connectivity index (χ2v) is 11.8.